The first kappa shape index (κ1) is 12.3. The number of nitrogens with zero attached hydrogens (tertiary/aromatic N) is 2. The van der Waals surface area contributed by atoms with Gasteiger partial charge in [-0.25, -0.2) is 0 Å². The zero-order valence-electron chi connectivity index (χ0n) is 10.6. The molecule has 0 radical (unpaired) electrons. The van der Waals surface area contributed by atoms with Crippen molar-refractivity contribution in [2.24, 2.45) is 5.92 Å². The Labute approximate surface area is 99.4 Å². The van der Waals surface area contributed by atoms with Crippen molar-refractivity contribution in [3.8, 4) is 0 Å². The average Bonchev–Trinajstić information content (AvgIpc) is 2.28. The summed E-state index contributed by atoms with van der Waals surface area (Å²) in [4.78, 5) is 5.12. The number of rotatable bonds is 3. The smallest absolute Gasteiger partial charge is 0.0564 e. The number of likely N-dealkylation sites (tertiary alicyclic amines) is 2. The molecule has 2 aliphatic rings. The number of aliphatic hydroxyl groups is 1. The molecule has 2 fully saturated rings. The molecule has 0 amide bonds. The average molecular weight is 226 g/mol. The third-order valence-corrected chi connectivity index (χ3v) is 4.03. The van der Waals surface area contributed by atoms with Crippen LogP contribution < -0.4 is 0 Å². The number of piperidine rings is 2. The maximum atomic E-state index is 9.44. The van der Waals surface area contributed by atoms with Crippen molar-refractivity contribution in [1.29, 1.82) is 0 Å². The summed E-state index contributed by atoms with van der Waals surface area (Å²) in [6, 6.07) is 0. The molecule has 0 saturated carbocycles. The molecule has 1 N–H and O–H groups in total. The summed E-state index contributed by atoms with van der Waals surface area (Å²) in [5.74, 6) is 0.886. The molecule has 3 nitrogen and oxygen atoms in total. The summed E-state index contributed by atoms with van der Waals surface area (Å²) in [6.45, 7) is 9.54. The van der Waals surface area contributed by atoms with Crippen LogP contribution >= 0.6 is 0 Å². The molecule has 2 aliphatic heterocycles. The Kier molecular flexibility index (Phi) is 4.62. The van der Waals surface area contributed by atoms with E-state index < -0.39 is 0 Å². The van der Waals surface area contributed by atoms with Crippen molar-refractivity contribution >= 4 is 0 Å². The third-order valence-electron chi connectivity index (χ3n) is 4.03. The van der Waals surface area contributed by atoms with Gasteiger partial charge in [0.15, 0.2) is 0 Å². The highest BCUT2D eigenvalue weighted by atomic mass is 16.3. The minimum Gasteiger partial charge on any atom is -0.393 e. The highest BCUT2D eigenvalue weighted by Gasteiger charge is 2.19. The van der Waals surface area contributed by atoms with E-state index in [1.165, 1.54) is 39.0 Å². The Bertz CT molecular complexity index is 202. The van der Waals surface area contributed by atoms with E-state index in [0.29, 0.717) is 0 Å². The van der Waals surface area contributed by atoms with Crippen LogP contribution in [0.3, 0.4) is 0 Å². The summed E-state index contributed by atoms with van der Waals surface area (Å²) >= 11 is 0. The fraction of sp³-hybridized carbons (Fsp3) is 1.00. The lowest BCUT2D eigenvalue weighted by atomic mass is 10.0. The molecule has 1 atom stereocenters. The molecule has 3 heteroatoms. The van der Waals surface area contributed by atoms with Crippen LogP contribution in [-0.2, 0) is 0 Å². The second-order valence-electron chi connectivity index (χ2n) is 5.62. The Hall–Kier alpha value is -0.120. The van der Waals surface area contributed by atoms with E-state index in [0.717, 1.165) is 31.8 Å². The molecule has 2 heterocycles. The molecule has 0 bridgehead atoms. The SMILES string of the molecule is CC1CCCN(CCN2CCC(O)CC2)C1. The predicted molar refractivity (Wildman–Crippen MR) is 66.5 cm³/mol. The van der Waals surface area contributed by atoms with E-state index in [-0.39, 0.29) is 6.10 Å². The van der Waals surface area contributed by atoms with Crippen molar-refractivity contribution in [2.45, 2.75) is 38.7 Å². The predicted octanol–water partition coefficient (Wildman–Crippen LogP) is 1.18. The minimum atomic E-state index is -0.0359. The zero-order chi connectivity index (χ0) is 11.4. The maximum absolute atomic E-state index is 9.44. The molecule has 2 saturated heterocycles. The van der Waals surface area contributed by atoms with E-state index in [1.807, 2.05) is 0 Å². The molecule has 16 heavy (non-hydrogen) atoms. The van der Waals surface area contributed by atoms with Gasteiger partial charge in [-0.2, -0.15) is 0 Å². The van der Waals surface area contributed by atoms with E-state index >= 15 is 0 Å². The topological polar surface area (TPSA) is 26.7 Å². The molecule has 0 aromatic carbocycles. The van der Waals surface area contributed by atoms with E-state index in [2.05, 4.69) is 16.7 Å². The Morgan fingerprint density at radius 3 is 2.38 bits per heavy atom. The van der Waals surface area contributed by atoms with Crippen molar-refractivity contribution in [3.05, 3.63) is 0 Å². The summed E-state index contributed by atoms with van der Waals surface area (Å²) in [5.41, 5.74) is 0. The van der Waals surface area contributed by atoms with Gasteiger partial charge in [0.1, 0.15) is 0 Å². The van der Waals surface area contributed by atoms with Crippen LogP contribution in [0.15, 0.2) is 0 Å². The lowest BCUT2D eigenvalue weighted by Crippen LogP contribution is -2.43. The summed E-state index contributed by atoms with van der Waals surface area (Å²) in [6.07, 6.45) is 4.69. The van der Waals surface area contributed by atoms with Crippen LogP contribution in [0, 0.1) is 5.92 Å². The molecular formula is C13H26N2O. The number of hydrogen-bond acceptors (Lipinski definition) is 3. The van der Waals surface area contributed by atoms with Gasteiger partial charge in [0, 0.05) is 32.7 Å². The molecule has 2 rings (SSSR count). The largest absolute Gasteiger partial charge is 0.393 e. The normalized spacial score (nSPS) is 30.8. The maximum Gasteiger partial charge on any atom is 0.0564 e. The lowest BCUT2D eigenvalue weighted by Gasteiger charge is -2.34. The van der Waals surface area contributed by atoms with Crippen LogP contribution in [0.2, 0.25) is 0 Å². The molecule has 0 aliphatic carbocycles. The Morgan fingerprint density at radius 1 is 1.00 bits per heavy atom. The van der Waals surface area contributed by atoms with Gasteiger partial charge in [0.25, 0.3) is 0 Å². The van der Waals surface area contributed by atoms with Crippen LogP contribution in [0.1, 0.15) is 32.6 Å². The highest BCUT2D eigenvalue weighted by Crippen LogP contribution is 2.15. The van der Waals surface area contributed by atoms with Crippen LogP contribution in [0.5, 0.6) is 0 Å². The molecule has 0 spiro atoms. The van der Waals surface area contributed by atoms with Crippen molar-refractivity contribution in [1.82, 2.24) is 9.80 Å². The molecule has 94 valence electrons. The second-order valence-corrected chi connectivity index (χ2v) is 5.62. The lowest BCUT2D eigenvalue weighted by molar-refractivity contribution is 0.0727. The van der Waals surface area contributed by atoms with Gasteiger partial charge in [-0.05, 0) is 38.1 Å². The number of aliphatic hydroxyl groups excluding tert-OH is 1. The fourth-order valence-corrected chi connectivity index (χ4v) is 2.92. The minimum absolute atomic E-state index is 0.0359. The Balaban J connectivity index is 1.63. The molecule has 0 aromatic heterocycles. The van der Waals surface area contributed by atoms with E-state index in [1.54, 1.807) is 0 Å². The van der Waals surface area contributed by atoms with Gasteiger partial charge in [-0.15, -0.1) is 0 Å². The van der Waals surface area contributed by atoms with Crippen LogP contribution in [0.4, 0.5) is 0 Å². The first-order valence-electron chi connectivity index (χ1n) is 6.87. The fourth-order valence-electron chi connectivity index (χ4n) is 2.92. The van der Waals surface area contributed by atoms with Crippen molar-refractivity contribution in [3.63, 3.8) is 0 Å². The quantitative estimate of drug-likeness (QED) is 0.783. The first-order chi connectivity index (χ1) is 7.74. The van der Waals surface area contributed by atoms with Crippen LogP contribution in [0.25, 0.3) is 0 Å². The standard InChI is InChI=1S/C13H26N2O/c1-12-3-2-6-15(11-12)10-9-14-7-4-13(16)5-8-14/h12-13,16H,2-11H2,1H3. The van der Waals surface area contributed by atoms with Gasteiger partial charge >= 0.3 is 0 Å². The Morgan fingerprint density at radius 2 is 1.69 bits per heavy atom. The van der Waals surface area contributed by atoms with E-state index in [4.69, 9.17) is 0 Å². The summed E-state index contributed by atoms with van der Waals surface area (Å²) in [7, 11) is 0. The van der Waals surface area contributed by atoms with Crippen molar-refractivity contribution < 1.29 is 5.11 Å². The van der Waals surface area contributed by atoms with Crippen LogP contribution in [-0.4, -0.2) is 60.3 Å². The highest BCUT2D eigenvalue weighted by molar-refractivity contribution is 4.74. The molecule has 1 unspecified atom stereocenters. The third kappa shape index (κ3) is 3.72. The van der Waals surface area contributed by atoms with Crippen molar-refractivity contribution in [2.75, 3.05) is 39.3 Å². The summed E-state index contributed by atoms with van der Waals surface area (Å²) in [5, 5.41) is 9.44. The molecular weight excluding hydrogens is 200 g/mol. The number of hydrogen-bond donors (Lipinski definition) is 1. The second kappa shape index (κ2) is 5.99. The summed E-state index contributed by atoms with van der Waals surface area (Å²) < 4.78 is 0. The first-order valence-corrected chi connectivity index (χ1v) is 6.87. The van der Waals surface area contributed by atoms with Gasteiger partial charge in [-0.3, -0.25) is 0 Å². The molecule has 0 aromatic rings. The zero-order valence-corrected chi connectivity index (χ0v) is 10.6. The van der Waals surface area contributed by atoms with E-state index in [9.17, 15) is 5.11 Å². The van der Waals surface area contributed by atoms with Gasteiger partial charge in [0.05, 0.1) is 6.10 Å². The van der Waals surface area contributed by atoms with Gasteiger partial charge in [0.2, 0.25) is 0 Å². The van der Waals surface area contributed by atoms with Gasteiger partial charge in [-0.1, -0.05) is 6.92 Å². The van der Waals surface area contributed by atoms with Gasteiger partial charge < -0.3 is 14.9 Å². The monoisotopic (exact) mass is 226 g/mol.